The molecule has 0 N–H and O–H groups in total. The van der Waals surface area contributed by atoms with Crippen LogP contribution in [0.4, 0.5) is 11.4 Å². The number of rotatable bonds is 25. The van der Waals surface area contributed by atoms with Gasteiger partial charge in [-0.25, -0.2) is 4.99 Å². The van der Waals surface area contributed by atoms with E-state index in [0.29, 0.717) is 0 Å². The fourth-order valence-corrected chi connectivity index (χ4v) is 5.47. The molecule has 0 radical (unpaired) electrons. The smallest absolute Gasteiger partial charge is 0.0816 e. The second-order valence-electron chi connectivity index (χ2n) is 12.1. The molecule has 0 heterocycles. The minimum atomic E-state index is 0. The Morgan fingerprint density at radius 3 is 1.58 bits per heavy atom. The van der Waals surface area contributed by atoms with Gasteiger partial charge in [0.25, 0.3) is 0 Å². The topological polar surface area (TPSA) is 24.7 Å². The van der Waals surface area contributed by atoms with Crippen LogP contribution >= 0.6 is 0 Å². The van der Waals surface area contributed by atoms with Crippen LogP contribution < -0.4 is 0 Å². The van der Waals surface area contributed by atoms with Gasteiger partial charge in [-0.15, -0.1) is 0 Å². The summed E-state index contributed by atoms with van der Waals surface area (Å²) in [7, 11) is 0. The quantitative estimate of drug-likeness (QED) is 0.0593. The third-order valence-corrected chi connectivity index (χ3v) is 8.05. The molecule has 0 aromatic heterocycles. The number of unbranched alkanes of at least 4 members (excludes halogenated alkanes) is 16. The van der Waals surface area contributed by atoms with Crippen LogP contribution in [0.5, 0.6) is 0 Å². The Morgan fingerprint density at radius 1 is 0.558 bits per heavy atom. The minimum Gasteiger partial charge on any atom is -0.255 e. The fraction of sp³-hybridized carbons (Fsp3) is 0.600. The maximum absolute atomic E-state index is 5.13. The summed E-state index contributed by atoms with van der Waals surface area (Å²) in [6, 6.07) is 17.2. The molecule has 0 bridgehead atoms. The van der Waals surface area contributed by atoms with Crippen molar-refractivity contribution in [1.82, 2.24) is 0 Å². The normalized spacial score (nSPS) is 11.9. The van der Waals surface area contributed by atoms with Gasteiger partial charge >= 0.3 is 0 Å². The number of para-hydroxylation sites is 1. The average molecular weight is 630 g/mol. The van der Waals surface area contributed by atoms with Crippen LogP contribution in [-0.4, -0.2) is 11.9 Å². The number of allylic oxidation sites excluding steroid dienone is 2. The van der Waals surface area contributed by atoms with Gasteiger partial charge in [-0.2, -0.15) is 0 Å². The molecule has 0 atom stereocenters. The van der Waals surface area contributed by atoms with Crippen molar-refractivity contribution < 1.29 is 16.5 Å². The first-order chi connectivity index (χ1) is 20.7. The second-order valence-corrected chi connectivity index (χ2v) is 12.1. The van der Waals surface area contributed by atoms with E-state index in [0.717, 1.165) is 36.3 Å². The molecule has 2 aromatic rings. The van der Waals surface area contributed by atoms with E-state index in [1.54, 1.807) is 0 Å². The van der Waals surface area contributed by atoms with Crippen molar-refractivity contribution in [3.05, 3.63) is 71.8 Å². The summed E-state index contributed by atoms with van der Waals surface area (Å²) in [6.45, 7) is 6.85. The van der Waals surface area contributed by atoms with Gasteiger partial charge in [0, 0.05) is 16.5 Å². The van der Waals surface area contributed by atoms with Crippen molar-refractivity contribution >= 4 is 23.3 Å². The summed E-state index contributed by atoms with van der Waals surface area (Å²) in [5.41, 5.74) is 5.82. The molecule has 0 fully saturated rings. The molecular weight excluding hydrogens is 567 g/mol. The van der Waals surface area contributed by atoms with Crippen molar-refractivity contribution in [1.29, 1.82) is 0 Å². The number of hydrogen-bond acceptors (Lipinski definition) is 2. The number of aliphatic imine (C=N–C) groups is 2. The molecule has 2 aromatic carbocycles. The van der Waals surface area contributed by atoms with E-state index < -0.39 is 0 Å². The van der Waals surface area contributed by atoms with Gasteiger partial charge in [0.2, 0.25) is 0 Å². The van der Waals surface area contributed by atoms with Gasteiger partial charge in [-0.05, 0) is 80.0 Å². The van der Waals surface area contributed by atoms with Crippen LogP contribution in [0, 0.1) is 0 Å². The molecule has 0 saturated carbocycles. The van der Waals surface area contributed by atoms with E-state index in [4.69, 9.17) is 9.98 Å². The van der Waals surface area contributed by atoms with Crippen LogP contribution in [-0.2, 0) is 29.3 Å². The predicted molar refractivity (Wildman–Crippen MR) is 189 cm³/mol. The summed E-state index contributed by atoms with van der Waals surface area (Å²) in [5.74, 6) is 0. The molecule has 2 rings (SSSR count). The van der Waals surface area contributed by atoms with Crippen LogP contribution in [0.15, 0.2) is 70.7 Å². The molecule has 43 heavy (non-hydrogen) atoms. The maximum Gasteiger partial charge on any atom is 0.0816 e. The SMILES string of the molecule is CCCCCCCCCCCCCC/C=C/C(C=Nc1ccccc1)=Nc1cc(CCCCC)cc(CCCCC)c1.[Ni]. The molecule has 3 heteroatoms. The Morgan fingerprint density at radius 2 is 1.05 bits per heavy atom. The summed E-state index contributed by atoms with van der Waals surface area (Å²) in [5, 5.41) is 0. The van der Waals surface area contributed by atoms with Gasteiger partial charge < -0.3 is 0 Å². The van der Waals surface area contributed by atoms with Gasteiger partial charge in [-0.1, -0.05) is 147 Å². The minimum absolute atomic E-state index is 0. The standard InChI is InChI=1S/C40H62N2.Ni/c1-4-7-10-11-12-13-14-15-16-17-18-19-20-24-31-39(35-41-38-29-25-21-26-30-38)42-40-33-36(27-22-8-5-2)32-37(34-40)28-23-9-6-3;/h21,24-26,29-35H,4-20,22-23,27-28H2,1-3H3;/b31-24+,41-35?,42-39?;. The first-order valence-electron chi connectivity index (χ1n) is 17.7. The second kappa shape index (κ2) is 27.6. The summed E-state index contributed by atoms with van der Waals surface area (Å²) >= 11 is 0. The number of nitrogens with zero attached hydrogens (tertiary/aromatic N) is 2. The average Bonchev–Trinajstić information content (AvgIpc) is 3.00. The van der Waals surface area contributed by atoms with E-state index >= 15 is 0 Å². The van der Waals surface area contributed by atoms with Crippen LogP contribution in [0.1, 0.15) is 154 Å². The molecule has 2 nitrogen and oxygen atoms in total. The van der Waals surface area contributed by atoms with Gasteiger partial charge in [-0.3, -0.25) is 4.99 Å². The van der Waals surface area contributed by atoms with E-state index in [1.165, 1.54) is 127 Å². The van der Waals surface area contributed by atoms with E-state index in [1.807, 2.05) is 36.5 Å². The first-order valence-corrected chi connectivity index (χ1v) is 17.7. The Bertz CT molecular complexity index is 980. The summed E-state index contributed by atoms with van der Waals surface area (Å²) in [6.07, 6.45) is 34.1. The van der Waals surface area contributed by atoms with Crippen molar-refractivity contribution in [2.75, 3.05) is 0 Å². The van der Waals surface area contributed by atoms with Crippen LogP contribution in [0.3, 0.4) is 0 Å². The molecule has 0 amide bonds. The zero-order chi connectivity index (χ0) is 29.9. The zero-order valence-corrected chi connectivity index (χ0v) is 28.9. The Labute approximate surface area is 276 Å². The Hall–Kier alpha value is -1.99. The monoisotopic (exact) mass is 628 g/mol. The molecule has 242 valence electrons. The number of benzene rings is 2. The fourth-order valence-electron chi connectivity index (χ4n) is 5.47. The summed E-state index contributed by atoms with van der Waals surface area (Å²) < 4.78 is 0. The molecule has 0 spiro atoms. The molecule has 0 aliphatic carbocycles. The molecule has 0 aliphatic rings. The zero-order valence-electron chi connectivity index (χ0n) is 27.9. The van der Waals surface area contributed by atoms with Gasteiger partial charge in [0.15, 0.2) is 0 Å². The summed E-state index contributed by atoms with van der Waals surface area (Å²) in [4.78, 5) is 9.88. The Kier molecular flexibility index (Phi) is 25.0. The molecule has 0 saturated heterocycles. The van der Waals surface area contributed by atoms with Crippen molar-refractivity contribution in [3.63, 3.8) is 0 Å². The largest absolute Gasteiger partial charge is 0.255 e. The van der Waals surface area contributed by atoms with E-state index in [9.17, 15) is 0 Å². The van der Waals surface area contributed by atoms with E-state index in [-0.39, 0.29) is 16.5 Å². The predicted octanol–water partition coefficient (Wildman–Crippen LogP) is 13.3. The molecule has 0 aliphatic heterocycles. The number of hydrogen-bond donors (Lipinski definition) is 0. The van der Waals surface area contributed by atoms with Gasteiger partial charge in [0.05, 0.1) is 23.3 Å². The molecular formula is C40H62N2Ni. The first kappa shape index (κ1) is 39.0. The third kappa shape index (κ3) is 20.6. The van der Waals surface area contributed by atoms with Crippen molar-refractivity contribution in [3.8, 4) is 0 Å². The van der Waals surface area contributed by atoms with Crippen LogP contribution in [0.2, 0.25) is 0 Å². The Balaban J connectivity index is 0.00000924. The molecule has 0 unspecified atom stereocenters. The van der Waals surface area contributed by atoms with Crippen molar-refractivity contribution in [2.45, 2.75) is 156 Å². The maximum atomic E-state index is 5.13. The van der Waals surface area contributed by atoms with Crippen LogP contribution in [0.25, 0.3) is 0 Å². The van der Waals surface area contributed by atoms with E-state index in [2.05, 4.69) is 51.1 Å². The number of aryl methyl sites for hydroxylation is 2. The van der Waals surface area contributed by atoms with Gasteiger partial charge in [0.1, 0.15) is 0 Å². The van der Waals surface area contributed by atoms with Crippen molar-refractivity contribution in [2.24, 2.45) is 9.98 Å². The third-order valence-electron chi connectivity index (χ3n) is 8.05.